The number of hydrogen-bond acceptors (Lipinski definition) is 5. The van der Waals surface area contributed by atoms with Crippen molar-refractivity contribution in [1.82, 2.24) is 10.3 Å². The number of aromatic nitrogens is 1. The van der Waals surface area contributed by atoms with Crippen LogP contribution in [-0.2, 0) is 6.54 Å². The molecule has 1 heterocycles. The highest BCUT2D eigenvalue weighted by molar-refractivity contribution is 5.89. The summed E-state index contributed by atoms with van der Waals surface area (Å²) < 4.78 is 11.3. The first-order chi connectivity index (χ1) is 14.2. The van der Waals surface area contributed by atoms with Gasteiger partial charge in [-0.2, -0.15) is 5.26 Å². The Bertz CT molecular complexity index is 1010. The van der Waals surface area contributed by atoms with E-state index in [-0.39, 0.29) is 6.03 Å². The average Bonchev–Trinajstić information content (AvgIpc) is 2.75. The van der Waals surface area contributed by atoms with Crippen LogP contribution in [0.25, 0.3) is 0 Å². The Labute approximate surface area is 168 Å². The zero-order chi connectivity index (χ0) is 20.5. The highest BCUT2D eigenvalue weighted by Gasteiger charge is 2.07. The molecule has 3 aromatic rings. The maximum absolute atomic E-state index is 12.0. The van der Waals surface area contributed by atoms with E-state index in [0.717, 1.165) is 5.56 Å². The van der Waals surface area contributed by atoms with Gasteiger partial charge in [-0.05, 0) is 42.8 Å². The van der Waals surface area contributed by atoms with E-state index in [0.29, 0.717) is 41.8 Å². The minimum atomic E-state index is -0.369. The van der Waals surface area contributed by atoms with E-state index in [9.17, 15) is 4.79 Å². The van der Waals surface area contributed by atoms with Gasteiger partial charge in [-0.25, -0.2) is 9.78 Å². The smallest absolute Gasteiger partial charge is 0.319 e. The molecule has 0 atom stereocenters. The van der Waals surface area contributed by atoms with Gasteiger partial charge in [-0.3, -0.25) is 0 Å². The van der Waals surface area contributed by atoms with Gasteiger partial charge in [0, 0.05) is 24.5 Å². The van der Waals surface area contributed by atoms with Crippen LogP contribution in [0.4, 0.5) is 10.5 Å². The number of amides is 2. The molecular formula is C22H20N4O3. The van der Waals surface area contributed by atoms with E-state index in [1.165, 1.54) is 0 Å². The molecule has 0 spiro atoms. The van der Waals surface area contributed by atoms with Gasteiger partial charge in [0.1, 0.15) is 0 Å². The number of urea groups is 1. The average molecular weight is 388 g/mol. The second kappa shape index (κ2) is 9.76. The van der Waals surface area contributed by atoms with Crippen molar-refractivity contribution in [3.63, 3.8) is 0 Å². The highest BCUT2D eigenvalue weighted by atomic mass is 16.5. The molecule has 7 nitrogen and oxygen atoms in total. The van der Waals surface area contributed by atoms with Crippen molar-refractivity contribution < 1.29 is 14.3 Å². The Kier molecular flexibility index (Phi) is 6.63. The largest absolute Gasteiger partial charge is 0.490 e. The number of carbonyl (C=O) groups is 1. The Morgan fingerprint density at radius 1 is 1.10 bits per heavy atom. The summed E-state index contributed by atoms with van der Waals surface area (Å²) in [6, 6.07) is 19.3. The van der Waals surface area contributed by atoms with Gasteiger partial charge in [0.25, 0.3) is 0 Å². The molecule has 0 saturated heterocycles. The predicted molar refractivity (Wildman–Crippen MR) is 109 cm³/mol. The number of para-hydroxylation sites is 2. The summed E-state index contributed by atoms with van der Waals surface area (Å²) in [6.07, 6.45) is 1.63. The number of anilines is 1. The molecule has 1 aromatic heterocycles. The minimum absolute atomic E-state index is 0.298. The lowest BCUT2D eigenvalue weighted by Crippen LogP contribution is -2.28. The Balaban J connectivity index is 1.54. The van der Waals surface area contributed by atoms with Gasteiger partial charge >= 0.3 is 6.03 Å². The number of nitrogens with zero attached hydrogens (tertiary/aromatic N) is 2. The number of benzene rings is 2. The fourth-order valence-corrected chi connectivity index (χ4v) is 2.52. The van der Waals surface area contributed by atoms with Crippen LogP contribution in [0.15, 0.2) is 66.9 Å². The van der Waals surface area contributed by atoms with Crippen molar-refractivity contribution in [3.8, 4) is 23.4 Å². The maximum Gasteiger partial charge on any atom is 0.319 e. The zero-order valence-corrected chi connectivity index (χ0v) is 15.9. The van der Waals surface area contributed by atoms with Crippen molar-refractivity contribution in [1.29, 1.82) is 5.26 Å². The topological polar surface area (TPSA) is 96.3 Å². The summed E-state index contributed by atoms with van der Waals surface area (Å²) in [5.74, 6) is 1.67. The normalized spacial score (nSPS) is 9.93. The lowest BCUT2D eigenvalue weighted by Gasteiger charge is -2.11. The van der Waals surface area contributed by atoms with E-state index in [1.54, 1.807) is 36.5 Å². The maximum atomic E-state index is 12.0. The summed E-state index contributed by atoms with van der Waals surface area (Å²) >= 11 is 0. The van der Waals surface area contributed by atoms with Crippen LogP contribution in [0.1, 0.15) is 18.1 Å². The van der Waals surface area contributed by atoms with E-state index in [1.807, 2.05) is 43.3 Å². The standard InChI is InChI=1S/C22H20N4O3/c1-2-28-19-8-3-4-9-20(19)29-21-11-10-17(14-24-21)15-25-22(27)26-18-7-5-6-16(12-18)13-23/h3-12,14H,2,15H2,1H3,(H2,25,26,27). The first kappa shape index (κ1) is 19.7. The molecule has 0 unspecified atom stereocenters. The molecule has 29 heavy (non-hydrogen) atoms. The SMILES string of the molecule is CCOc1ccccc1Oc1ccc(CNC(=O)Nc2cccc(C#N)c2)cn1. The summed E-state index contributed by atoms with van der Waals surface area (Å²) in [6.45, 7) is 2.75. The molecule has 0 radical (unpaired) electrons. The fourth-order valence-electron chi connectivity index (χ4n) is 2.52. The van der Waals surface area contributed by atoms with Gasteiger partial charge in [0.2, 0.25) is 5.88 Å². The quantitative estimate of drug-likeness (QED) is 0.623. The number of rotatable bonds is 7. The molecule has 2 N–H and O–H groups in total. The third-order valence-electron chi connectivity index (χ3n) is 3.86. The molecule has 0 bridgehead atoms. The van der Waals surface area contributed by atoms with Crippen LogP contribution in [0.3, 0.4) is 0 Å². The molecule has 7 heteroatoms. The number of nitrogens with one attached hydrogen (secondary N) is 2. The number of pyridine rings is 1. The third kappa shape index (κ3) is 5.71. The molecule has 2 aromatic carbocycles. The number of ether oxygens (including phenoxy) is 2. The van der Waals surface area contributed by atoms with E-state index >= 15 is 0 Å². The molecule has 146 valence electrons. The molecule has 2 amide bonds. The van der Waals surface area contributed by atoms with E-state index in [2.05, 4.69) is 15.6 Å². The van der Waals surface area contributed by atoms with Crippen molar-refractivity contribution in [2.45, 2.75) is 13.5 Å². The predicted octanol–water partition coefficient (Wildman–Crippen LogP) is 4.47. The van der Waals surface area contributed by atoms with Crippen LogP contribution in [0.5, 0.6) is 17.4 Å². The molecule has 3 rings (SSSR count). The van der Waals surface area contributed by atoms with Crippen molar-refractivity contribution in [2.75, 3.05) is 11.9 Å². The van der Waals surface area contributed by atoms with Crippen molar-refractivity contribution in [3.05, 3.63) is 78.0 Å². The van der Waals surface area contributed by atoms with Crippen molar-refractivity contribution in [2.24, 2.45) is 0 Å². The van der Waals surface area contributed by atoms with Crippen LogP contribution in [-0.4, -0.2) is 17.6 Å². The van der Waals surface area contributed by atoms with Crippen LogP contribution in [0, 0.1) is 11.3 Å². The van der Waals surface area contributed by atoms with Gasteiger partial charge in [0.05, 0.1) is 18.2 Å². The molecule has 0 aliphatic rings. The number of carbonyl (C=O) groups excluding carboxylic acids is 1. The van der Waals surface area contributed by atoms with E-state index < -0.39 is 0 Å². The van der Waals surface area contributed by atoms with E-state index in [4.69, 9.17) is 14.7 Å². The first-order valence-corrected chi connectivity index (χ1v) is 9.07. The second-order valence-corrected chi connectivity index (χ2v) is 5.99. The Morgan fingerprint density at radius 3 is 2.66 bits per heavy atom. The zero-order valence-electron chi connectivity index (χ0n) is 15.9. The Hall–Kier alpha value is -4.05. The highest BCUT2D eigenvalue weighted by Crippen LogP contribution is 2.30. The van der Waals surface area contributed by atoms with Gasteiger partial charge in [-0.1, -0.05) is 24.3 Å². The number of nitriles is 1. The summed E-state index contributed by atoms with van der Waals surface area (Å²) in [5, 5.41) is 14.3. The van der Waals surface area contributed by atoms with Crippen LogP contribution < -0.4 is 20.1 Å². The summed E-state index contributed by atoms with van der Waals surface area (Å²) in [5.41, 5.74) is 1.85. The minimum Gasteiger partial charge on any atom is -0.490 e. The number of hydrogen-bond donors (Lipinski definition) is 2. The van der Waals surface area contributed by atoms with Gasteiger partial charge in [-0.15, -0.1) is 0 Å². The molecular weight excluding hydrogens is 368 g/mol. The van der Waals surface area contributed by atoms with Crippen LogP contribution in [0.2, 0.25) is 0 Å². The molecule has 0 fully saturated rings. The third-order valence-corrected chi connectivity index (χ3v) is 3.86. The van der Waals surface area contributed by atoms with Gasteiger partial charge < -0.3 is 20.1 Å². The fraction of sp³-hybridized carbons (Fsp3) is 0.136. The first-order valence-electron chi connectivity index (χ1n) is 9.07. The lowest BCUT2D eigenvalue weighted by molar-refractivity contribution is 0.251. The summed E-state index contributed by atoms with van der Waals surface area (Å²) in [4.78, 5) is 16.3. The Morgan fingerprint density at radius 2 is 1.93 bits per heavy atom. The summed E-state index contributed by atoms with van der Waals surface area (Å²) in [7, 11) is 0. The molecule has 0 saturated carbocycles. The molecule has 0 aliphatic heterocycles. The van der Waals surface area contributed by atoms with Crippen molar-refractivity contribution >= 4 is 11.7 Å². The second-order valence-electron chi connectivity index (χ2n) is 5.99. The monoisotopic (exact) mass is 388 g/mol. The van der Waals surface area contributed by atoms with Gasteiger partial charge in [0.15, 0.2) is 11.5 Å². The molecule has 0 aliphatic carbocycles. The van der Waals surface area contributed by atoms with Crippen LogP contribution >= 0.6 is 0 Å². The lowest BCUT2D eigenvalue weighted by atomic mass is 10.2.